The summed E-state index contributed by atoms with van der Waals surface area (Å²) in [6, 6.07) is 0. The van der Waals surface area contributed by atoms with E-state index in [0.29, 0.717) is 6.61 Å². The van der Waals surface area contributed by atoms with Gasteiger partial charge in [0.1, 0.15) is 6.61 Å². The van der Waals surface area contributed by atoms with Crippen molar-refractivity contribution in [3.63, 3.8) is 0 Å². The van der Waals surface area contributed by atoms with Gasteiger partial charge in [-0.25, -0.2) is 10.7 Å². The van der Waals surface area contributed by atoms with Gasteiger partial charge in [0.05, 0.1) is 6.61 Å². The molecule has 0 fully saturated rings. The number of rotatable bonds is 6. The van der Waals surface area contributed by atoms with Crippen LogP contribution in [-0.2, 0) is 14.5 Å². The molecule has 0 saturated carbocycles. The standard InChI is InChI=1S/C6H9NO3.C3H7NO/c1-3-4-10-7-5(2)6(8)9;1-2-3-5-4/h3H,1,4H2,2H3,(H,8,9);2H,1,3-4H2/b7-5+;. The number of nitrogens with zero attached hydrogens (tertiary/aromatic N) is 1. The Kier molecular flexibility index (Phi) is 13.0. The van der Waals surface area contributed by atoms with Crippen LogP contribution in [0.25, 0.3) is 0 Å². The van der Waals surface area contributed by atoms with Crippen molar-refractivity contribution in [1.82, 2.24) is 0 Å². The van der Waals surface area contributed by atoms with Crippen LogP contribution >= 0.6 is 0 Å². The van der Waals surface area contributed by atoms with E-state index in [1.54, 1.807) is 6.08 Å². The summed E-state index contributed by atoms with van der Waals surface area (Å²) in [6.07, 6.45) is 3.07. The minimum absolute atomic E-state index is 0.0677. The van der Waals surface area contributed by atoms with Gasteiger partial charge in [0, 0.05) is 0 Å². The van der Waals surface area contributed by atoms with E-state index < -0.39 is 5.97 Å². The van der Waals surface area contributed by atoms with Crippen molar-refractivity contribution < 1.29 is 19.6 Å². The molecule has 0 rings (SSSR count). The summed E-state index contributed by atoms with van der Waals surface area (Å²) in [4.78, 5) is 18.6. The number of oxime groups is 1. The highest BCUT2D eigenvalue weighted by molar-refractivity contribution is 6.34. The first-order valence-electron chi connectivity index (χ1n) is 4.03. The number of carboxylic acid groups (broad SMARTS) is 1. The summed E-state index contributed by atoms with van der Waals surface area (Å²) in [5, 5.41) is 11.5. The van der Waals surface area contributed by atoms with Gasteiger partial charge in [-0.3, -0.25) is 0 Å². The van der Waals surface area contributed by atoms with Gasteiger partial charge in [0.25, 0.3) is 0 Å². The van der Waals surface area contributed by atoms with Gasteiger partial charge in [-0.05, 0) is 6.92 Å². The molecule has 86 valence electrons. The molecule has 0 unspecified atom stereocenters. The SMILES string of the molecule is C=CCO/N=C(\C)C(=O)O.C=CCON. The molecule has 0 heterocycles. The normalized spacial score (nSPS) is 9.60. The van der Waals surface area contributed by atoms with E-state index in [9.17, 15) is 4.79 Å². The highest BCUT2D eigenvalue weighted by Gasteiger charge is 2.00. The van der Waals surface area contributed by atoms with E-state index in [4.69, 9.17) is 5.11 Å². The molecule has 3 N–H and O–H groups in total. The van der Waals surface area contributed by atoms with Crippen LogP contribution in [0.5, 0.6) is 0 Å². The van der Waals surface area contributed by atoms with Crippen molar-refractivity contribution in [1.29, 1.82) is 0 Å². The monoisotopic (exact) mass is 216 g/mol. The van der Waals surface area contributed by atoms with Gasteiger partial charge in [0.15, 0.2) is 5.71 Å². The van der Waals surface area contributed by atoms with E-state index in [0.717, 1.165) is 0 Å². The average Bonchev–Trinajstić information content (AvgIpc) is 2.20. The van der Waals surface area contributed by atoms with Crippen molar-refractivity contribution in [3.8, 4) is 0 Å². The Morgan fingerprint density at radius 1 is 1.47 bits per heavy atom. The van der Waals surface area contributed by atoms with Gasteiger partial charge < -0.3 is 14.8 Å². The first-order chi connectivity index (χ1) is 7.09. The lowest BCUT2D eigenvalue weighted by molar-refractivity contribution is -0.129. The number of carbonyl (C=O) groups is 1. The van der Waals surface area contributed by atoms with E-state index in [-0.39, 0.29) is 12.3 Å². The topological polar surface area (TPSA) is 94.1 Å². The van der Waals surface area contributed by atoms with Crippen molar-refractivity contribution >= 4 is 11.7 Å². The quantitative estimate of drug-likeness (QED) is 0.295. The molecule has 6 heteroatoms. The smallest absolute Gasteiger partial charge is 0.353 e. The van der Waals surface area contributed by atoms with Gasteiger partial charge in [0.2, 0.25) is 0 Å². The fraction of sp³-hybridized carbons (Fsp3) is 0.333. The van der Waals surface area contributed by atoms with Crippen molar-refractivity contribution in [2.24, 2.45) is 11.1 Å². The van der Waals surface area contributed by atoms with E-state index in [1.807, 2.05) is 0 Å². The molecular formula is C9H16N2O4. The largest absolute Gasteiger partial charge is 0.477 e. The maximum absolute atomic E-state index is 10.1. The summed E-state index contributed by atoms with van der Waals surface area (Å²) in [5.74, 6) is 3.49. The molecule has 0 aromatic heterocycles. The molecule has 0 atom stereocenters. The number of aliphatic carboxylic acids is 1. The first-order valence-corrected chi connectivity index (χ1v) is 4.03. The lowest BCUT2D eigenvalue weighted by atomic mass is 10.4. The molecule has 0 saturated heterocycles. The molecular weight excluding hydrogens is 200 g/mol. The van der Waals surface area contributed by atoms with Crippen LogP contribution in [0, 0.1) is 0 Å². The molecule has 0 aromatic carbocycles. The second kappa shape index (κ2) is 12.3. The van der Waals surface area contributed by atoms with Crippen LogP contribution in [0.2, 0.25) is 0 Å². The highest BCUT2D eigenvalue weighted by atomic mass is 16.6. The summed E-state index contributed by atoms with van der Waals surface area (Å²) >= 11 is 0. The molecule has 0 aromatic rings. The van der Waals surface area contributed by atoms with Gasteiger partial charge in [-0.1, -0.05) is 23.9 Å². The summed E-state index contributed by atoms with van der Waals surface area (Å²) < 4.78 is 0. The van der Waals surface area contributed by atoms with Crippen LogP contribution in [0.3, 0.4) is 0 Å². The number of carboxylic acids is 1. The van der Waals surface area contributed by atoms with Crippen molar-refractivity contribution in [3.05, 3.63) is 25.3 Å². The lowest BCUT2D eigenvalue weighted by Crippen LogP contribution is -2.08. The maximum atomic E-state index is 10.1. The van der Waals surface area contributed by atoms with Crippen LogP contribution in [-0.4, -0.2) is 30.0 Å². The molecule has 0 bridgehead atoms. The fourth-order valence-corrected chi connectivity index (χ4v) is 0.294. The Bertz CT molecular complexity index is 226. The molecule has 0 amide bonds. The van der Waals surface area contributed by atoms with Crippen LogP contribution in [0.4, 0.5) is 0 Å². The maximum Gasteiger partial charge on any atom is 0.353 e. The molecule has 0 aliphatic carbocycles. The lowest BCUT2D eigenvalue weighted by Gasteiger charge is -1.92. The van der Waals surface area contributed by atoms with Crippen LogP contribution in [0.1, 0.15) is 6.92 Å². The predicted molar refractivity (Wildman–Crippen MR) is 57.2 cm³/mol. The zero-order chi connectivity index (χ0) is 12.1. The van der Waals surface area contributed by atoms with Crippen molar-refractivity contribution in [2.75, 3.05) is 13.2 Å². The highest BCUT2D eigenvalue weighted by Crippen LogP contribution is 1.81. The zero-order valence-corrected chi connectivity index (χ0v) is 8.68. The van der Waals surface area contributed by atoms with E-state index in [1.165, 1.54) is 13.0 Å². The zero-order valence-electron chi connectivity index (χ0n) is 8.68. The predicted octanol–water partition coefficient (Wildman–Crippen LogP) is 0.712. The second-order valence-corrected chi connectivity index (χ2v) is 2.19. The summed E-state index contributed by atoms with van der Waals surface area (Å²) in [7, 11) is 0. The number of hydrogen-bond donors (Lipinski definition) is 2. The number of hydrogen-bond acceptors (Lipinski definition) is 5. The second-order valence-electron chi connectivity index (χ2n) is 2.19. The number of nitrogens with two attached hydrogens (primary N) is 1. The van der Waals surface area contributed by atoms with E-state index in [2.05, 4.69) is 33.9 Å². The Morgan fingerprint density at radius 2 is 2.00 bits per heavy atom. The Labute approximate surface area is 88.6 Å². The minimum Gasteiger partial charge on any atom is -0.477 e. The summed E-state index contributed by atoms with van der Waals surface area (Å²) in [6.45, 7) is 8.72. The van der Waals surface area contributed by atoms with Crippen molar-refractivity contribution in [2.45, 2.75) is 6.92 Å². The molecule has 0 radical (unpaired) electrons. The molecule has 0 aliphatic heterocycles. The first kappa shape index (κ1) is 15.8. The average molecular weight is 216 g/mol. The third kappa shape index (κ3) is 15.1. The molecule has 15 heavy (non-hydrogen) atoms. The van der Waals surface area contributed by atoms with E-state index >= 15 is 0 Å². The van der Waals surface area contributed by atoms with Crippen LogP contribution < -0.4 is 5.90 Å². The Balaban J connectivity index is 0. The van der Waals surface area contributed by atoms with Gasteiger partial charge in [-0.2, -0.15) is 0 Å². The summed E-state index contributed by atoms with van der Waals surface area (Å²) in [5.41, 5.74) is -0.0677. The third-order valence-electron chi connectivity index (χ3n) is 0.917. The molecule has 0 aliphatic rings. The fourth-order valence-electron chi connectivity index (χ4n) is 0.294. The van der Waals surface area contributed by atoms with Gasteiger partial charge in [-0.15, -0.1) is 6.58 Å². The van der Waals surface area contributed by atoms with Gasteiger partial charge >= 0.3 is 5.97 Å². The Hall–Kier alpha value is -1.66. The molecule has 0 spiro atoms. The van der Waals surface area contributed by atoms with Crippen LogP contribution in [0.15, 0.2) is 30.5 Å². The third-order valence-corrected chi connectivity index (χ3v) is 0.917. The minimum atomic E-state index is -1.08. The molecule has 6 nitrogen and oxygen atoms in total. The Morgan fingerprint density at radius 3 is 2.27 bits per heavy atom.